The molecule has 1 amide bonds. The van der Waals surface area contributed by atoms with E-state index in [0.717, 1.165) is 5.56 Å². The summed E-state index contributed by atoms with van der Waals surface area (Å²) >= 11 is 0. The normalized spacial score (nSPS) is 17.2. The van der Waals surface area contributed by atoms with Gasteiger partial charge in [0.1, 0.15) is 6.10 Å². The van der Waals surface area contributed by atoms with Gasteiger partial charge in [0.2, 0.25) is 11.8 Å². The minimum atomic E-state index is -0.0799. The molecule has 1 atom stereocenters. The molecule has 140 valence electrons. The van der Waals surface area contributed by atoms with Crippen molar-refractivity contribution in [2.75, 3.05) is 26.8 Å². The lowest BCUT2D eigenvalue weighted by molar-refractivity contribution is -0.139. The molecule has 2 aromatic heterocycles. The average molecular weight is 367 g/mol. The van der Waals surface area contributed by atoms with E-state index >= 15 is 0 Å². The van der Waals surface area contributed by atoms with E-state index in [2.05, 4.69) is 15.3 Å². The van der Waals surface area contributed by atoms with Gasteiger partial charge in [-0.2, -0.15) is 4.52 Å². The number of aryl methyl sites for hydroxylation is 1. The molecule has 0 saturated carbocycles. The van der Waals surface area contributed by atoms with Crippen LogP contribution in [0.15, 0.2) is 42.5 Å². The Morgan fingerprint density at radius 1 is 1.22 bits per heavy atom. The van der Waals surface area contributed by atoms with E-state index in [4.69, 9.17) is 9.47 Å². The Morgan fingerprint density at radius 2 is 2.07 bits per heavy atom. The molecule has 0 radical (unpaired) electrons. The van der Waals surface area contributed by atoms with Crippen molar-refractivity contribution < 1.29 is 14.3 Å². The van der Waals surface area contributed by atoms with Crippen molar-refractivity contribution in [1.82, 2.24) is 24.7 Å². The van der Waals surface area contributed by atoms with Crippen molar-refractivity contribution in [3.05, 3.63) is 53.9 Å². The van der Waals surface area contributed by atoms with Gasteiger partial charge in [-0.15, -0.1) is 15.3 Å². The molecule has 0 N–H and O–H groups in total. The van der Waals surface area contributed by atoms with Crippen molar-refractivity contribution in [3.8, 4) is 5.88 Å². The van der Waals surface area contributed by atoms with Gasteiger partial charge in [0.25, 0.3) is 0 Å². The maximum Gasteiger partial charge on any atom is 0.231 e. The number of rotatable bonds is 5. The smallest absolute Gasteiger partial charge is 0.231 e. The number of carbonyl (C=O) groups excluding carboxylic acids is 1. The molecule has 0 unspecified atom stereocenters. The van der Waals surface area contributed by atoms with Crippen LogP contribution in [0.25, 0.3) is 5.65 Å². The first-order chi connectivity index (χ1) is 13.2. The van der Waals surface area contributed by atoms with Crippen LogP contribution in [0, 0.1) is 0 Å². The average Bonchev–Trinajstić information content (AvgIpc) is 3.15. The summed E-state index contributed by atoms with van der Waals surface area (Å²) in [5.74, 6) is 1.21. The van der Waals surface area contributed by atoms with Crippen molar-refractivity contribution in [1.29, 1.82) is 0 Å². The fraction of sp³-hybridized carbons (Fsp3) is 0.368. The van der Waals surface area contributed by atoms with E-state index in [1.165, 1.54) is 0 Å². The lowest BCUT2D eigenvalue weighted by atomic mass is 10.1. The van der Waals surface area contributed by atoms with E-state index in [1.807, 2.05) is 35.2 Å². The van der Waals surface area contributed by atoms with Crippen LogP contribution in [0.1, 0.15) is 23.9 Å². The molecule has 0 bridgehead atoms. The molecule has 1 aliphatic rings. The molecule has 1 aromatic carbocycles. The van der Waals surface area contributed by atoms with Gasteiger partial charge in [-0.05, 0) is 11.6 Å². The van der Waals surface area contributed by atoms with E-state index in [0.29, 0.717) is 49.9 Å². The fourth-order valence-corrected chi connectivity index (χ4v) is 3.20. The number of hydrogen-bond donors (Lipinski definition) is 0. The van der Waals surface area contributed by atoms with Gasteiger partial charge >= 0.3 is 0 Å². The predicted octanol–water partition coefficient (Wildman–Crippen LogP) is 1.67. The summed E-state index contributed by atoms with van der Waals surface area (Å²) in [6, 6.07) is 13.5. The Kier molecular flexibility index (Phi) is 4.97. The largest absolute Gasteiger partial charge is 0.480 e. The molecule has 0 spiro atoms. The van der Waals surface area contributed by atoms with Gasteiger partial charge in [-0.3, -0.25) is 4.79 Å². The second-order valence-corrected chi connectivity index (χ2v) is 6.37. The second kappa shape index (κ2) is 7.71. The van der Waals surface area contributed by atoms with Gasteiger partial charge in [0, 0.05) is 25.5 Å². The number of aromatic nitrogens is 4. The topological polar surface area (TPSA) is 81.9 Å². The molecule has 3 aromatic rings. The number of fused-ring (bicyclic) bond motifs is 1. The van der Waals surface area contributed by atoms with Gasteiger partial charge in [0.05, 0.1) is 20.3 Å². The summed E-state index contributed by atoms with van der Waals surface area (Å²) in [6.45, 7) is 1.71. The van der Waals surface area contributed by atoms with Crippen LogP contribution < -0.4 is 4.74 Å². The number of methoxy groups -OCH3 is 1. The Balaban J connectivity index is 1.40. The highest BCUT2D eigenvalue weighted by Crippen LogP contribution is 2.22. The first kappa shape index (κ1) is 17.4. The maximum absolute atomic E-state index is 12.7. The third kappa shape index (κ3) is 3.75. The number of hydrogen-bond acceptors (Lipinski definition) is 6. The van der Waals surface area contributed by atoms with E-state index in [9.17, 15) is 4.79 Å². The monoisotopic (exact) mass is 367 g/mol. The number of morpholine rings is 1. The van der Waals surface area contributed by atoms with Gasteiger partial charge in [0.15, 0.2) is 11.5 Å². The summed E-state index contributed by atoms with van der Waals surface area (Å²) in [4.78, 5) is 14.6. The zero-order valence-corrected chi connectivity index (χ0v) is 15.1. The van der Waals surface area contributed by atoms with E-state index in [1.54, 1.807) is 23.8 Å². The Bertz CT molecular complexity index is 927. The van der Waals surface area contributed by atoms with Crippen LogP contribution in [-0.4, -0.2) is 57.4 Å². The Morgan fingerprint density at radius 3 is 2.89 bits per heavy atom. The number of amides is 1. The summed E-state index contributed by atoms with van der Waals surface area (Å²) in [5.41, 5.74) is 1.73. The highest BCUT2D eigenvalue weighted by atomic mass is 16.5. The van der Waals surface area contributed by atoms with Crippen molar-refractivity contribution in [3.63, 3.8) is 0 Å². The van der Waals surface area contributed by atoms with Crippen molar-refractivity contribution in [2.45, 2.75) is 18.9 Å². The first-order valence-electron chi connectivity index (χ1n) is 8.94. The number of carbonyl (C=O) groups is 1. The molecule has 1 aliphatic heterocycles. The van der Waals surface area contributed by atoms with Crippen LogP contribution in [0.5, 0.6) is 5.88 Å². The lowest BCUT2D eigenvalue weighted by Crippen LogP contribution is -2.42. The van der Waals surface area contributed by atoms with E-state index in [-0.39, 0.29) is 12.0 Å². The molecule has 8 heteroatoms. The molecule has 3 heterocycles. The third-order valence-electron chi connectivity index (χ3n) is 4.67. The minimum Gasteiger partial charge on any atom is -0.480 e. The highest BCUT2D eigenvalue weighted by Gasteiger charge is 2.25. The van der Waals surface area contributed by atoms with Crippen LogP contribution in [0.3, 0.4) is 0 Å². The van der Waals surface area contributed by atoms with Crippen LogP contribution >= 0.6 is 0 Å². The summed E-state index contributed by atoms with van der Waals surface area (Å²) in [7, 11) is 1.56. The zero-order valence-electron chi connectivity index (χ0n) is 15.1. The molecule has 27 heavy (non-hydrogen) atoms. The summed E-state index contributed by atoms with van der Waals surface area (Å²) < 4.78 is 12.6. The lowest BCUT2D eigenvalue weighted by Gasteiger charge is -2.33. The SMILES string of the molecule is COc1ccc2nnc(CCC(=O)N3CCO[C@@H](c4ccccc4)C3)n2n1. The van der Waals surface area contributed by atoms with Crippen molar-refractivity contribution >= 4 is 11.6 Å². The molecule has 8 nitrogen and oxygen atoms in total. The highest BCUT2D eigenvalue weighted by molar-refractivity contribution is 5.76. The summed E-state index contributed by atoms with van der Waals surface area (Å²) in [5, 5.41) is 12.6. The van der Waals surface area contributed by atoms with E-state index < -0.39 is 0 Å². The van der Waals surface area contributed by atoms with Gasteiger partial charge in [-0.1, -0.05) is 30.3 Å². The molecular formula is C19H21N5O3. The number of benzene rings is 1. The second-order valence-electron chi connectivity index (χ2n) is 6.37. The van der Waals surface area contributed by atoms with Gasteiger partial charge in [-0.25, -0.2) is 0 Å². The molecule has 0 aliphatic carbocycles. The Labute approximate surface area is 156 Å². The number of nitrogens with zero attached hydrogens (tertiary/aromatic N) is 5. The first-order valence-corrected chi connectivity index (χ1v) is 8.94. The van der Waals surface area contributed by atoms with Crippen molar-refractivity contribution in [2.24, 2.45) is 0 Å². The maximum atomic E-state index is 12.7. The Hall–Kier alpha value is -3.00. The fourth-order valence-electron chi connectivity index (χ4n) is 3.20. The predicted molar refractivity (Wildman–Crippen MR) is 97.4 cm³/mol. The third-order valence-corrected chi connectivity index (χ3v) is 4.67. The molecule has 1 fully saturated rings. The van der Waals surface area contributed by atoms with Gasteiger partial charge < -0.3 is 14.4 Å². The van der Waals surface area contributed by atoms with Crippen LogP contribution in [-0.2, 0) is 16.0 Å². The molecule has 1 saturated heterocycles. The minimum absolute atomic E-state index is 0.0799. The van der Waals surface area contributed by atoms with Crippen LogP contribution in [0.4, 0.5) is 0 Å². The summed E-state index contributed by atoms with van der Waals surface area (Å²) in [6.07, 6.45) is 0.734. The zero-order chi connectivity index (χ0) is 18.6. The quantitative estimate of drug-likeness (QED) is 0.682. The van der Waals surface area contributed by atoms with Crippen LogP contribution in [0.2, 0.25) is 0 Å². The molecular weight excluding hydrogens is 346 g/mol. The number of ether oxygens (including phenoxy) is 2. The molecule has 4 rings (SSSR count). The standard InChI is InChI=1S/C19H21N5O3/c1-26-18-9-7-16-20-21-17(24(16)22-18)8-10-19(25)23-11-12-27-15(13-23)14-5-3-2-4-6-14/h2-7,9,15H,8,10-13H2,1H3/t15-/m1/s1.